The standard InChI is InChI=1S/C16H25N3/c1-4-17-15(18-5-2)19-12-16(10-11-16)14-9-7-6-8-13(14)3/h6-9H,4-5,10-12H2,1-3H3,(H2,17,18,19). The molecule has 0 atom stereocenters. The van der Waals surface area contributed by atoms with Gasteiger partial charge in [-0.1, -0.05) is 24.3 Å². The van der Waals surface area contributed by atoms with Crippen molar-refractivity contribution in [1.29, 1.82) is 0 Å². The number of hydrogen-bond acceptors (Lipinski definition) is 1. The second kappa shape index (κ2) is 6.09. The average molecular weight is 259 g/mol. The third-order valence-corrected chi connectivity index (χ3v) is 3.80. The van der Waals surface area contributed by atoms with Crippen molar-refractivity contribution in [3.63, 3.8) is 0 Å². The first-order valence-electron chi connectivity index (χ1n) is 7.30. The van der Waals surface area contributed by atoms with Crippen molar-refractivity contribution < 1.29 is 0 Å². The van der Waals surface area contributed by atoms with Crippen molar-refractivity contribution in [2.75, 3.05) is 19.6 Å². The molecule has 0 spiro atoms. The van der Waals surface area contributed by atoms with Crippen molar-refractivity contribution in [3.05, 3.63) is 35.4 Å². The van der Waals surface area contributed by atoms with E-state index in [1.54, 1.807) is 0 Å². The molecule has 1 saturated carbocycles. The molecule has 0 heterocycles. The van der Waals surface area contributed by atoms with Crippen LogP contribution >= 0.6 is 0 Å². The molecule has 3 nitrogen and oxygen atoms in total. The molecular formula is C16H25N3. The largest absolute Gasteiger partial charge is 0.357 e. The lowest BCUT2D eigenvalue weighted by Crippen LogP contribution is -2.37. The predicted octanol–water partition coefficient (Wildman–Crippen LogP) is 2.60. The van der Waals surface area contributed by atoms with Crippen LogP contribution in [0.4, 0.5) is 0 Å². The summed E-state index contributed by atoms with van der Waals surface area (Å²) in [6, 6.07) is 8.72. The molecule has 0 aromatic heterocycles. The van der Waals surface area contributed by atoms with Gasteiger partial charge in [0.25, 0.3) is 0 Å². The van der Waals surface area contributed by atoms with Crippen LogP contribution in [0.15, 0.2) is 29.3 Å². The summed E-state index contributed by atoms with van der Waals surface area (Å²) < 4.78 is 0. The van der Waals surface area contributed by atoms with Gasteiger partial charge < -0.3 is 10.6 Å². The fourth-order valence-electron chi connectivity index (χ4n) is 2.57. The number of hydrogen-bond donors (Lipinski definition) is 2. The Bertz CT molecular complexity index is 439. The summed E-state index contributed by atoms with van der Waals surface area (Å²) in [4.78, 5) is 4.75. The number of guanidine groups is 1. The summed E-state index contributed by atoms with van der Waals surface area (Å²) in [5, 5.41) is 6.58. The van der Waals surface area contributed by atoms with Crippen LogP contribution < -0.4 is 10.6 Å². The monoisotopic (exact) mass is 259 g/mol. The molecule has 1 aliphatic carbocycles. The molecule has 0 radical (unpaired) electrons. The van der Waals surface area contributed by atoms with Crippen molar-refractivity contribution in [2.24, 2.45) is 4.99 Å². The topological polar surface area (TPSA) is 36.4 Å². The van der Waals surface area contributed by atoms with E-state index in [9.17, 15) is 0 Å². The first-order valence-corrected chi connectivity index (χ1v) is 7.30. The SMILES string of the molecule is CCNC(=NCC1(c2ccccc2C)CC1)NCC. The van der Waals surface area contributed by atoms with Gasteiger partial charge in [-0.2, -0.15) is 0 Å². The molecule has 0 bridgehead atoms. The molecule has 104 valence electrons. The molecule has 2 N–H and O–H groups in total. The molecule has 0 saturated heterocycles. The van der Waals surface area contributed by atoms with Gasteiger partial charge in [-0.05, 0) is 44.7 Å². The zero-order valence-corrected chi connectivity index (χ0v) is 12.3. The van der Waals surface area contributed by atoms with Crippen molar-refractivity contribution >= 4 is 5.96 Å². The summed E-state index contributed by atoms with van der Waals surface area (Å²) in [6.45, 7) is 9.09. The van der Waals surface area contributed by atoms with Crippen LogP contribution in [0.2, 0.25) is 0 Å². The van der Waals surface area contributed by atoms with Gasteiger partial charge in [-0.25, -0.2) is 0 Å². The Balaban J connectivity index is 2.09. The minimum Gasteiger partial charge on any atom is -0.357 e. The molecule has 1 aromatic rings. The fourth-order valence-corrected chi connectivity index (χ4v) is 2.57. The Labute approximate surface area is 116 Å². The Morgan fingerprint density at radius 3 is 2.32 bits per heavy atom. The molecule has 1 aliphatic rings. The minimum absolute atomic E-state index is 0.293. The number of nitrogens with zero attached hydrogens (tertiary/aromatic N) is 1. The molecule has 0 amide bonds. The van der Waals surface area contributed by atoms with Crippen molar-refractivity contribution in [1.82, 2.24) is 10.6 Å². The van der Waals surface area contributed by atoms with Crippen LogP contribution in [0.5, 0.6) is 0 Å². The highest BCUT2D eigenvalue weighted by atomic mass is 15.2. The van der Waals surface area contributed by atoms with Crippen LogP contribution in [0.1, 0.15) is 37.8 Å². The number of aryl methyl sites for hydroxylation is 1. The van der Waals surface area contributed by atoms with Gasteiger partial charge in [0.05, 0.1) is 6.54 Å². The molecule has 0 aliphatic heterocycles. The summed E-state index contributed by atoms with van der Waals surface area (Å²) in [6.07, 6.45) is 2.51. The number of aliphatic imine (C=N–C) groups is 1. The third kappa shape index (κ3) is 3.28. The van der Waals surface area contributed by atoms with E-state index in [0.29, 0.717) is 5.41 Å². The van der Waals surface area contributed by atoms with Gasteiger partial charge in [-0.15, -0.1) is 0 Å². The normalized spacial score (nSPS) is 15.7. The first-order chi connectivity index (χ1) is 9.22. The molecule has 2 rings (SSSR count). The quantitative estimate of drug-likeness (QED) is 0.630. The van der Waals surface area contributed by atoms with Gasteiger partial charge in [-0.3, -0.25) is 4.99 Å². The van der Waals surface area contributed by atoms with Gasteiger partial charge in [0, 0.05) is 18.5 Å². The van der Waals surface area contributed by atoms with Crippen LogP contribution in [0.3, 0.4) is 0 Å². The summed E-state index contributed by atoms with van der Waals surface area (Å²) in [7, 11) is 0. The highest BCUT2D eigenvalue weighted by Gasteiger charge is 2.44. The zero-order chi connectivity index (χ0) is 13.7. The maximum absolute atomic E-state index is 4.75. The van der Waals surface area contributed by atoms with E-state index in [4.69, 9.17) is 4.99 Å². The van der Waals surface area contributed by atoms with Crippen LogP contribution in [0.25, 0.3) is 0 Å². The Hall–Kier alpha value is -1.51. The van der Waals surface area contributed by atoms with Gasteiger partial charge in [0.2, 0.25) is 0 Å². The smallest absolute Gasteiger partial charge is 0.191 e. The molecule has 0 unspecified atom stereocenters. The molecule has 1 fully saturated rings. The van der Waals surface area contributed by atoms with E-state index >= 15 is 0 Å². The molecular weight excluding hydrogens is 234 g/mol. The Morgan fingerprint density at radius 1 is 1.16 bits per heavy atom. The Kier molecular flexibility index (Phi) is 4.46. The summed E-state index contributed by atoms with van der Waals surface area (Å²) >= 11 is 0. The lowest BCUT2D eigenvalue weighted by molar-refractivity contribution is 0.690. The first kappa shape index (κ1) is 13.9. The van der Waals surface area contributed by atoms with Crippen molar-refractivity contribution in [2.45, 2.75) is 39.0 Å². The number of benzene rings is 1. The van der Waals surface area contributed by atoms with E-state index in [-0.39, 0.29) is 0 Å². The molecule has 1 aromatic carbocycles. The maximum atomic E-state index is 4.75. The Morgan fingerprint density at radius 2 is 1.79 bits per heavy atom. The summed E-state index contributed by atoms with van der Waals surface area (Å²) in [5.74, 6) is 0.935. The van der Waals surface area contributed by atoms with Crippen LogP contribution in [-0.4, -0.2) is 25.6 Å². The fraction of sp³-hybridized carbons (Fsp3) is 0.562. The predicted molar refractivity (Wildman–Crippen MR) is 81.7 cm³/mol. The average Bonchev–Trinajstić information content (AvgIpc) is 3.18. The second-order valence-electron chi connectivity index (χ2n) is 5.32. The van der Waals surface area contributed by atoms with Gasteiger partial charge >= 0.3 is 0 Å². The van der Waals surface area contributed by atoms with E-state index in [1.807, 2.05) is 0 Å². The lowest BCUT2D eigenvalue weighted by Gasteiger charge is -2.17. The summed E-state index contributed by atoms with van der Waals surface area (Å²) in [5.41, 5.74) is 3.16. The maximum Gasteiger partial charge on any atom is 0.191 e. The van der Waals surface area contributed by atoms with Gasteiger partial charge in [0.15, 0.2) is 5.96 Å². The van der Waals surface area contributed by atoms with E-state index in [0.717, 1.165) is 25.6 Å². The highest BCUT2D eigenvalue weighted by Crippen LogP contribution is 2.49. The van der Waals surface area contributed by atoms with E-state index in [1.165, 1.54) is 24.0 Å². The van der Waals surface area contributed by atoms with Gasteiger partial charge in [0.1, 0.15) is 0 Å². The van der Waals surface area contributed by atoms with Crippen molar-refractivity contribution in [3.8, 4) is 0 Å². The van der Waals surface area contributed by atoms with E-state index in [2.05, 4.69) is 55.7 Å². The van der Waals surface area contributed by atoms with E-state index < -0.39 is 0 Å². The molecule has 19 heavy (non-hydrogen) atoms. The molecule has 3 heteroatoms. The minimum atomic E-state index is 0.293. The van der Waals surface area contributed by atoms with Crippen LogP contribution in [-0.2, 0) is 5.41 Å². The second-order valence-corrected chi connectivity index (χ2v) is 5.32. The number of nitrogens with one attached hydrogen (secondary N) is 2. The third-order valence-electron chi connectivity index (χ3n) is 3.80. The lowest BCUT2D eigenvalue weighted by atomic mass is 9.92. The van der Waals surface area contributed by atoms with Crippen LogP contribution in [0, 0.1) is 6.92 Å². The highest BCUT2D eigenvalue weighted by molar-refractivity contribution is 5.79. The number of rotatable bonds is 5. The zero-order valence-electron chi connectivity index (χ0n) is 12.3.